The van der Waals surface area contributed by atoms with Gasteiger partial charge in [-0.15, -0.1) is 0 Å². The van der Waals surface area contributed by atoms with E-state index in [1.54, 1.807) is 6.92 Å². The van der Waals surface area contributed by atoms with Gasteiger partial charge in [-0.3, -0.25) is 4.79 Å². The summed E-state index contributed by atoms with van der Waals surface area (Å²) in [6, 6.07) is 7.88. The molecule has 1 aromatic heterocycles. The summed E-state index contributed by atoms with van der Waals surface area (Å²) >= 11 is 0. The lowest BCUT2D eigenvalue weighted by Gasteiger charge is -2.22. The maximum Gasteiger partial charge on any atom is 0.239 e. The lowest BCUT2D eigenvalue weighted by molar-refractivity contribution is -0.126. The largest absolute Gasteiger partial charge is 0.354 e. The predicted molar refractivity (Wildman–Crippen MR) is 80.3 cm³/mol. The van der Waals surface area contributed by atoms with E-state index in [4.69, 9.17) is 5.73 Å². The molecule has 0 aliphatic heterocycles. The number of carbonyl (C=O) groups is 1. The van der Waals surface area contributed by atoms with Gasteiger partial charge >= 0.3 is 0 Å². The maximum absolute atomic E-state index is 12.0. The van der Waals surface area contributed by atoms with E-state index in [2.05, 4.69) is 15.3 Å². The molecule has 0 radical (unpaired) electrons. The van der Waals surface area contributed by atoms with Crippen LogP contribution < -0.4 is 11.1 Å². The quantitative estimate of drug-likeness (QED) is 0.750. The summed E-state index contributed by atoms with van der Waals surface area (Å²) < 4.78 is 0. The average Bonchev–Trinajstić information content (AvgIpc) is 2.81. The first kappa shape index (κ1) is 14.5. The van der Waals surface area contributed by atoms with E-state index in [1.165, 1.54) is 0 Å². The van der Waals surface area contributed by atoms with E-state index in [-0.39, 0.29) is 5.91 Å². The number of fused-ring (bicyclic) bond motifs is 1. The van der Waals surface area contributed by atoms with Crippen LogP contribution in [0.25, 0.3) is 11.0 Å². The Hall–Kier alpha value is -1.88. The maximum atomic E-state index is 12.0. The number of hydrogen-bond donors (Lipinski definition) is 3. The first-order valence-corrected chi connectivity index (χ1v) is 7.04. The van der Waals surface area contributed by atoms with Crippen molar-refractivity contribution in [3.05, 3.63) is 30.1 Å². The molecule has 0 fully saturated rings. The molecule has 1 amide bonds. The van der Waals surface area contributed by atoms with Crippen molar-refractivity contribution in [3.8, 4) is 0 Å². The first-order valence-electron chi connectivity index (χ1n) is 7.04. The zero-order valence-electron chi connectivity index (χ0n) is 12.1. The number of rotatable bonds is 6. The van der Waals surface area contributed by atoms with Crippen molar-refractivity contribution in [2.75, 3.05) is 6.54 Å². The smallest absolute Gasteiger partial charge is 0.239 e. The summed E-state index contributed by atoms with van der Waals surface area (Å²) in [5.74, 6) is 0.774. The van der Waals surface area contributed by atoms with E-state index in [0.717, 1.165) is 23.3 Å². The second kappa shape index (κ2) is 6.05. The number of benzene rings is 1. The number of para-hydroxylation sites is 2. The molecule has 2 aromatic rings. The summed E-state index contributed by atoms with van der Waals surface area (Å²) in [6.07, 6.45) is 2.25. The number of nitrogens with zero attached hydrogens (tertiary/aromatic N) is 1. The number of aromatic amines is 1. The molecule has 0 saturated heterocycles. The number of carbonyl (C=O) groups excluding carboxylic acids is 1. The van der Waals surface area contributed by atoms with Crippen molar-refractivity contribution in [3.63, 3.8) is 0 Å². The zero-order chi connectivity index (χ0) is 14.6. The number of imidazole rings is 1. The molecular formula is C15H22N4O. The van der Waals surface area contributed by atoms with Crippen LogP contribution in [0.4, 0.5) is 0 Å². The third kappa shape index (κ3) is 3.36. The Morgan fingerprint density at radius 1 is 1.45 bits per heavy atom. The lowest BCUT2D eigenvalue weighted by Crippen LogP contribution is -2.51. The molecule has 1 unspecified atom stereocenters. The minimum Gasteiger partial charge on any atom is -0.354 e. The Labute approximate surface area is 119 Å². The second-order valence-electron chi connectivity index (χ2n) is 5.37. The van der Waals surface area contributed by atoms with Crippen molar-refractivity contribution in [1.82, 2.24) is 15.3 Å². The highest BCUT2D eigenvalue weighted by Gasteiger charge is 2.26. The van der Waals surface area contributed by atoms with E-state index in [9.17, 15) is 4.79 Å². The van der Waals surface area contributed by atoms with Crippen LogP contribution in [0.3, 0.4) is 0 Å². The van der Waals surface area contributed by atoms with Crippen LogP contribution in [0.5, 0.6) is 0 Å². The van der Waals surface area contributed by atoms with E-state index in [0.29, 0.717) is 19.4 Å². The predicted octanol–water partition coefficient (Wildman–Crippen LogP) is 1.74. The van der Waals surface area contributed by atoms with Gasteiger partial charge in [0.05, 0.1) is 16.6 Å². The van der Waals surface area contributed by atoms with Gasteiger partial charge in [0.25, 0.3) is 0 Å². The van der Waals surface area contributed by atoms with Crippen molar-refractivity contribution in [2.45, 2.75) is 38.6 Å². The Morgan fingerprint density at radius 2 is 2.20 bits per heavy atom. The zero-order valence-corrected chi connectivity index (χ0v) is 12.1. The summed E-state index contributed by atoms with van der Waals surface area (Å²) in [5, 5.41) is 2.88. The molecule has 0 aliphatic carbocycles. The van der Waals surface area contributed by atoms with Crippen LogP contribution in [0.2, 0.25) is 0 Å². The Kier molecular flexibility index (Phi) is 4.39. The van der Waals surface area contributed by atoms with Crippen LogP contribution in [-0.2, 0) is 11.2 Å². The minimum atomic E-state index is -0.789. The van der Waals surface area contributed by atoms with E-state index in [1.807, 2.05) is 31.2 Å². The van der Waals surface area contributed by atoms with Crippen molar-refractivity contribution < 1.29 is 4.79 Å². The Balaban J connectivity index is 1.88. The fraction of sp³-hybridized carbons (Fsp3) is 0.467. The SMILES string of the molecule is CCCC(C)(N)C(=O)NCCc1nc2ccccc2[nH]1. The first-order chi connectivity index (χ1) is 9.53. The third-order valence-electron chi connectivity index (χ3n) is 3.37. The van der Waals surface area contributed by atoms with Crippen LogP contribution in [0.1, 0.15) is 32.5 Å². The van der Waals surface area contributed by atoms with E-state index >= 15 is 0 Å². The number of nitrogens with one attached hydrogen (secondary N) is 2. The molecule has 1 atom stereocenters. The number of hydrogen-bond acceptors (Lipinski definition) is 3. The van der Waals surface area contributed by atoms with Crippen molar-refractivity contribution >= 4 is 16.9 Å². The molecule has 5 heteroatoms. The Bertz CT molecular complexity index is 555. The lowest BCUT2D eigenvalue weighted by atomic mass is 9.96. The molecule has 0 saturated carbocycles. The molecule has 20 heavy (non-hydrogen) atoms. The summed E-state index contributed by atoms with van der Waals surface area (Å²) in [7, 11) is 0. The number of H-pyrrole nitrogens is 1. The van der Waals surface area contributed by atoms with Crippen molar-refractivity contribution in [1.29, 1.82) is 0 Å². The molecule has 0 bridgehead atoms. The molecule has 0 spiro atoms. The van der Waals surface area contributed by atoms with Gasteiger partial charge in [0, 0.05) is 13.0 Å². The summed E-state index contributed by atoms with van der Waals surface area (Å²) in [4.78, 5) is 19.7. The van der Waals surface area contributed by atoms with Crippen LogP contribution >= 0.6 is 0 Å². The monoisotopic (exact) mass is 274 g/mol. The van der Waals surface area contributed by atoms with Gasteiger partial charge in [0.2, 0.25) is 5.91 Å². The highest BCUT2D eigenvalue weighted by Crippen LogP contribution is 2.11. The fourth-order valence-electron chi connectivity index (χ4n) is 2.25. The Morgan fingerprint density at radius 3 is 2.90 bits per heavy atom. The van der Waals surface area contributed by atoms with Crippen LogP contribution in [-0.4, -0.2) is 28.0 Å². The van der Waals surface area contributed by atoms with Gasteiger partial charge in [-0.2, -0.15) is 0 Å². The molecule has 2 rings (SSSR count). The summed E-state index contributed by atoms with van der Waals surface area (Å²) in [5.41, 5.74) is 7.15. The van der Waals surface area contributed by atoms with Gasteiger partial charge in [0.1, 0.15) is 5.82 Å². The van der Waals surface area contributed by atoms with Crippen LogP contribution in [0, 0.1) is 0 Å². The topological polar surface area (TPSA) is 83.8 Å². The average molecular weight is 274 g/mol. The number of amides is 1. The second-order valence-corrected chi connectivity index (χ2v) is 5.37. The highest BCUT2D eigenvalue weighted by molar-refractivity contribution is 5.85. The van der Waals surface area contributed by atoms with E-state index < -0.39 is 5.54 Å². The van der Waals surface area contributed by atoms with Gasteiger partial charge in [-0.05, 0) is 25.5 Å². The van der Waals surface area contributed by atoms with Gasteiger partial charge in [0.15, 0.2) is 0 Å². The molecule has 4 N–H and O–H groups in total. The molecule has 108 valence electrons. The fourth-order valence-corrected chi connectivity index (χ4v) is 2.25. The molecule has 1 heterocycles. The van der Waals surface area contributed by atoms with Gasteiger partial charge < -0.3 is 16.0 Å². The molecule has 1 aromatic carbocycles. The minimum absolute atomic E-state index is 0.101. The van der Waals surface area contributed by atoms with Crippen LogP contribution in [0.15, 0.2) is 24.3 Å². The molecule has 5 nitrogen and oxygen atoms in total. The number of aromatic nitrogens is 2. The molecule has 0 aliphatic rings. The van der Waals surface area contributed by atoms with Gasteiger partial charge in [-0.1, -0.05) is 25.5 Å². The van der Waals surface area contributed by atoms with Crippen molar-refractivity contribution in [2.24, 2.45) is 5.73 Å². The number of nitrogens with two attached hydrogens (primary N) is 1. The highest BCUT2D eigenvalue weighted by atomic mass is 16.2. The van der Waals surface area contributed by atoms with Gasteiger partial charge in [-0.25, -0.2) is 4.98 Å². The third-order valence-corrected chi connectivity index (χ3v) is 3.37. The standard InChI is InChI=1S/C15H22N4O/c1-3-9-15(2,16)14(20)17-10-8-13-18-11-6-4-5-7-12(11)19-13/h4-7H,3,8-10,16H2,1-2H3,(H,17,20)(H,18,19). The normalized spacial score (nSPS) is 14.2. The molecular weight excluding hydrogens is 252 g/mol. The summed E-state index contributed by atoms with van der Waals surface area (Å²) in [6.45, 7) is 4.33.